The number of aliphatic imine (C=N–C) groups is 1. The second-order valence-corrected chi connectivity index (χ2v) is 7.58. The van der Waals surface area contributed by atoms with Gasteiger partial charge < -0.3 is 16.0 Å². The highest BCUT2D eigenvalue weighted by Gasteiger charge is 2.08. The molecule has 1 amide bonds. The molecule has 3 N–H and O–H groups in total. The van der Waals surface area contributed by atoms with E-state index in [9.17, 15) is 4.79 Å². The average Bonchev–Trinajstić information content (AvgIpc) is 2.91. The molecule has 0 fully saturated rings. The number of hydrogen-bond donors (Lipinski definition) is 3. The minimum absolute atomic E-state index is 0. The Kier molecular flexibility index (Phi) is 10.0. The second kappa shape index (κ2) is 11.5. The van der Waals surface area contributed by atoms with Gasteiger partial charge in [-0.3, -0.25) is 9.79 Å². The van der Waals surface area contributed by atoms with E-state index in [1.165, 1.54) is 4.88 Å². The van der Waals surface area contributed by atoms with E-state index in [0.29, 0.717) is 36.2 Å². The third kappa shape index (κ3) is 7.63. The number of carbonyl (C=O) groups excluding carboxylic acids is 1. The zero-order valence-corrected chi connectivity index (χ0v) is 19.8. The summed E-state index contributed by atoms with van der Waals surface area (Å²) in [7, 11) is 1.69. The largest absolute Gasteiger partial charge is 0.356 e. The summed E-state index contributed by atoms with van der Waals surface area (Å²) in [5.41, 5.74) is 2.73. The summed E-state index contributed by atoms with van der Waals surface area (Å²) in [5, 5.41) is 10.7. The lowest BCUT2D eigenvalue weighted by molar-refractivity contribution is -0.116. The Morgan fingerprint density at radius 2 is 2.00 bits per heavy atom. The van der Waals surface area contributed by atoms with Crippen LogP contribution in [-0.2, 0) is 11.3 Å². The van der Waals surface area contributed by atoms with Gasteiger partial charge in [-0.05, 0) is 38.5 Å². The molecule has 1 aromatic carbocycles. The fraction of sp³-hybridized carbons (Fsp3) is 0.389. The van der Waals surface area contributed by atoms with Crippen molar-refractivity contribution in [1.82, 2.24) is 15.6 Å². The average molecular weight is 522 g/mol. The van der Waals surface area contributed by atoms with E-state index < -0.39 is 0 Å². The Morgan fingerprint density at radius 1 is 1.26 bits per heavy atom. The van der Waals surface area contributed by atoms with Gasteiger partial charge >= 0.3 is 0 Å². The van der Waals surface area contributed by atoms with Crippen molar-refractivity contribution in [3.63, 3.8) is 0 Å². The standard InChI is InChI=1S/C18H24ClN5OS.HI/c1-11-5-6-15(14(19)9-11)24-16(25)7-8-21-18(20-4)22-10-17-23-12(2)13(3)26-17;/h5-6,9H,7-8,10H2,1-4H3,(H,24,25)(H2,20,21,22);1H. The van der Waals surface area contributed by atoms with Crippen LogP contribution in [0.5, 0.6) is 0 Å². The molecule has 9 heteroatoms. The highest BCUT2D eigenvalue weighted by molar-refractivity contribution is 14.0. The lowest BCUT2D eigenvalue weighted by atomic mass is 10.2. The number of anilines is 1. The number of amides is 1. The third-order valence-corrected chi connectivity index (χ3v) is 5.13. The van der Waals surface area contributed by atoms with E-state index >= 15 is 0 Å². The first kappa shape index (κ1) is 23.6. The van der Waals surface area contributed by atoms with Crippen molar-refractivity contribution in [2.24, 2.45) is 4.99 Å². The number of guanidine groups is 1. The molecule has 0 radical (unpaired) electrons. The number of thiazole rings is 1. The topological polar surface area (TPSA) is 78.4 Å². The van der Waals surface area contributed by atoms with Gasteiger partial charge in [0, 0.05) is 24.9 Å². The first-order valence-corrected chi connectivity index (χ1v) is 9.52. The van der Waals surface area contributed by atoms with Crippen molar-refractivity contribution in [2.45, 2.75) is 33.7 Å². The van der Waals surface area contributed by atoms with Crippen molar-refractivity contribution < 1.29 is 4.79 Å². The Bertz CT molecular complexity index is 790. The fourth-order valence-electron chi connectivity index (χ4n) is 2.22. The van der Waals surface area contributed by atoms with Crippen LogP contribution in [0.15, 0.2) is 23.2 Å². The van der Waals surface area contributed by atoms with Gasteiger partial charge in [-0.1, -0.05) is 17.7 Å². The lowest BCUT2D eigenvalue weighted by Gasteiger charge is -2.11. The molecule has 1 aromatic heterocycles. The molecule has 0 bridgehead atoms. The Hall–Kier alpha value is -1.39. The first-order chi connectivity index (χ1) is 12.4. The predicted octanol–water partition coefficient (Wildman–Crippen LogP) is 4.03. The molecule has 2 rings (SSSR count). The predicted molar refractivity (Wildman–Crippen MR) is 125 cm³/mol. The van der Waals surface area contributed by atoms with Crippen molar-refractivity contribution in [2.75, 3.05) is 18.9 Å². The van der Waals surface area contributed by atoms with Crippen LogP contribution in [-0.4, -0.2) is 30.4 Å². The number of halogens is 2. The molecular formula is C18H25ClIN5OS. The number of aryl methyl sites for hydroxylation is 3. The maximum Gasteiger partial charge on any atom is 0.226 e. The van der Waals surface area contributed by atoms with Crippen LogP contribution >= 0.6 is 46.9 Å². The Labute approximate surface area is 186 Å². The number of benzene rings is 1. The normalized spacial score (nSPS) is 10.9. The van der Waals surface area contributed by atoms with Crippen molar-refractivity contribution in [3.8, 4) is 0 Å². The summed E-state index contributed by atoms with van der Waals surface area (Å²) >= 11 is 7.79. The molecule has 0 saturated heterocycles. The summed E-state index contributed by atoms with van der Waals surface area (Å²) in [5.74, 6) is 0.529. The summed E-state index contributed by atoms with van der Waals surface area (Å²) in [4.78, 5) is 21.9. The van der Waals surface area contributed by atoms with Gasteiger partial charge in [0.05, 0.1) is 22.9 Å². The van der Waals surface area contributed by atoms with Crippen LogP contribution in [0.1, 0.15) is 27.6 Å². The van der Waals surface area contributed by atoms with Gasteiger partial charge in [0.15, 0.2) is 5.96 Å². The molecule has 27 heavy (non-hydrogen) atoms. The molecular weight excluding hydrogens is 497 g/mol. The molecule has 2 aromatic rings. The first-order valence-electron chi connectivity index (χ1n) is 8.32. The summed E-state index contributed by atoms with van der Waals surface area (Å²) in [6.45, 7) is 7.08. The van der Waals surface area contributed by atoms with Crippen LogP contribution < -0.4 is 16.0 Å². The molecule has 0 aliphatic carbocycles. The van der Waals surface area contributed by atoms with Gasteiger partial charge in [0.25, 0.3) is 0 Å². The molecule has 0 aliphatic heterocycles. The number of aromatic nitrogens is 1. The van der Waals surface area contributed by atoms with Crippen LogP contribution in [0.25, 0.3) is 0 Å². The van der Waals surface area contributed by atoms with E-state index in [1.54, 1.807) is 18.4 Å². The molecule has 1 heterocycles. The van der Waals surface area contributed by atoms with Gasteiger partial charge in [-0.15, -0.1) is 35.3 Å². The molecule has 0 aliphatic rings. The SMILES string of the molecule is CN=C(NCCC(=O)Nc1ccc(C)cc1Cl)NCc1nc(C)c(C)s1.I. The molecule has 6 nitrogen and oxygen atoms in total. The van der Waals surface area contributed by atoms with Gasteiger partial charge in [0.1, 0.15) is 5.01 Å². The minimum atomic E-state index is -0.107. The zero-order valence-electron chi connectivity index (χ0n) is 15.9. The second-order valence-electron chi connectivity index (χ2n) is 5.88. The van der Waals surface area contributed by atoms with E-state index in [2.05, 4.69) is 32.9 Å². The van der Waals surface area contributed by atoms with Gasteiger partial charge in [-0.2, -0.15) is 0 Å². The minimum Gasteiger partial charge on any atom is -0.356 e. The number of nitrogens with zero attached hydrogens (tertiary/aromatic N) is 2. The molecule has 148 valence electrons. The van der Waals surface area contributed by atoms with Gasteiger partial charge in [-0.25, -0.2) is 4.98 Å². The maximum atomic E-state index is 12.1. The van der Waals surface area contributed by atoms with Crippen LogP contribution in [0, 0.1) is 20.8 Å². The van der Waals surface area contributed by atoms with E-state index in [0.717, 1.165) is 16.3 Å². The Morgan fingerprint density at radius 3 is 2.59 bits per heavy atom. The zero-order chi connectivity index (χ0) is 19.1. The van der Waals surface area contributed by atoms with Crippen LogP contribution in [0.4, 0.5) is 5.69 Å². The highest BCUT2D eigenvalue weighted by Crippen LogP contribution is 2.22. The summed E-state index contributed by atoms with van der Waals surface area (Å²) in [6, 6.07) is 5.54. The number of nitrogens with one attached hydrogen (secondary N) is 3. The monoisotopic (exact) mass is 521 g/mol. The van der Waals surface area contributed by atoms with Crippen LogP contribution in [0.3, 0.4) is 0 Å². The summed E-state index contributed by atoms with van der Waals surface area (Å²) < 4.78 is 0. The van der Waals surface area contributed by atoms with E-state index in [4.69, 9.17) is 11.6 Å². The van der Waals surface area contributed by atoms with Crippen LogP contribution in [0.2, 0.25) is 5.02 Å². The third-order valence-electron chi connectivity index (χ3n) is 3.75. The van der Waals surface area contributed by atoms with Crippen molar-refractivity contribution in [3.05, 3.63) is 44.4 Å². The number of carbonyl (C=O) groups is 1. The molecule has 0 spiro atoms. The maximum absolute atomic E-state index is 12.1. The van der Waals surface area contributed by atoms with E-state index in [1.807, 2.05) is 32.0 Å². The molecule has 0 atom stereocenters. The summed E-state index contributed by atoms with van der Waals surface area (Å²) in [6.07, 6.45) is 0.306. The molecule has 0 saturated carbocycles. The Balaban J connectivity index is 0.00000364. The van der Waals surface area contributed by atoms with E-state index in [-0.39, 0.29) is 29.9 Å². The molecule has 0 unspecified atom stereocenters. The van der Waals surface area contributed by atoms with Crippen molar-refractivity contribution in [1.29, 1.82) is 0 Å². The number of rotatable bonds is 6. The lowest BCUT2D eigenvalue weighted by Crippen LogP contribution is -2.38. The van der Waals surface area contributed by atoms with Crippen molar-refractivity contribution >= 4 is 64.5 Å². The number of hydrogen-bond acceptors (Lipinski definition) is 4. The highest BCUT2D eigenvalue weighted by atomic mass is 127. The smallest absolute Gasteiger partial charge is 0.226 e. The van der Waals surface area contributed by atoms with Gasteiger partial charge in [0.2, 0.25) is 5.91 Å². The fourth-order valence-corrected chi connectivity index (χ4v) is 3.38. The quantitative estimate of drug-likeness (QED) is 0.305.